The van der Waals surface area contributed by atoms with Gasteiger partial charge in [-0.25, -0.2) is 4.98 Å². The van der Waals surface area contributed by atoms with E-state index in [9.17, 15) is 9.59 Å². The number of hydrogen-bond acceptors (Lipinski definition) is 6. The van der Waals surface area contributed by atoms with Crippen molar-refractivity contribution in [3.05, 3.63) is 52.1 Å². The van der Waals surface area contributed by atoms with Gasteiger partial charge in [0, 0.05) is 20.0 Å². The second-order valence-corrected chi connectivity index (χ2v) is 7.95. The number of hydrogen-bond donors (Lipinski definition) is 0. The molecule has 1 saturated heterocycles. The minimum atomic E-state index is -0.153. The molecule has 0 unspecified atom stereocenters. The van der Waals surface area contributed by atoms with Crippen LogP contribution in [0, 0.1) is 6.92 Å². The zero-order valence-corrected chi connectivity index (χ0v) is 16.3. The predicted molar refractivity (Wildman–Crippen MR) is 108 cm³/mol. The number of Topliss-reactive ketones (excluding diaryl/α,β-unsaturated/α-hetero) is 1. The summed E-state index contributed by atoms with van der Waals surface area (Å²) in [6.45, 7) is 2.59. The summed E-state index contributed by atoms with van der Waals surface area (Å²) in [6.07, 6.45) is 3.08. The van der Waals surface area contributed by atoms with Gasteiger partial charge in [0.05, 0.1) is 6.04 Å². The van der Waals surface area contributed by atoms with Crippen LogP contribution in [0.15, 0.2) is 35.1 Å². The minimum Gasteiger partial charge on any atom is -0.338 e. The molecule has 0 amide bonds. The van der Waals surface area contributed by atoms with E-state index in [0.29, 0.717) is 22.6 Å². The highest BCUT2D eigenvalue weighted by Gasteiger charge is 2.32. The fourth-order valence-corrected chi connectivity index (χ4v) is 4.63. The first-order chi connectivity index (χ1) is 13.0. The molecule has 3 heterocycles. The van der Waals surface area contributed by atoms with Crippen molar-refractivity contribution in [2.24, 2.45) is 7.05 Å². The first-order valence-corrected chi connectivity index (χ1v) is 10.0. The van der Waals surface area contributed by atoms with Crippen molar-refractivity contribution < 1.29 is 4.79 Å². The Balaban J connectivity index is 1.56. The Morgan fingerprint density at radius 3 is 2.81 bits per heavy atom. The second kappa shape index (κ2) is 7.23. The molecule has 140 valence electrons. The molecular formula is C20H22N4O2S. The standard InChI is InChI=1S/C20H22N4O2S/c1-13-21-18-17(19(26)23(13)2)27-20(22-18)24-12-6-9-15(24)16(25)11-10-14-7-4-3-5-8-14/h3-5,7-8,15H,6,9-12H2,1-2H3/t15-/m1/s1. The summed E-state index contributed by atoms with van der Waals surface area (Å²) in [6, 6.07) is 9.93. The molecule has 4 rings (SSSR count). The number of aryl methyl sites for hydroxylation is 2. The molecule has 0 N–H and O–H groups in total. The molecule has 1 aliphatic heterocycles. The second-order valence-electron chi connectivity index (χ2n) is 6.98. The summed E-state index contributed by atoms with van der Waals surface area (Å²) >= 11 is 1.35. The number of aromatic nitrogens is 3. The number of nitrogens with zero attached hydrogens (tertiary/aromatic N) is 4. The Morgan fingerprint density at radius 2 is 2.04 bits per heavy atom. The van der Waals surface area contributed by atoms with Gasteiger partial charge in [-0.15, -0.1) is 0 Å². The van der Waals surface area contributed by atoms with Crippen LogP contribution in [0.1, 0.15) is 30.7 Å². The summed E-state index contributed by atoms with van der Waals surface area (Å²) in [5, 5.41) is 0.732. The molecule has 0 radical (unpaired) electrons. The van der Waals surface area contributed by atoms with Crippen molar-refractivity contribution in [3.63, 3.8) is 0 Å². The molecular weight excluding hydrogens is 360 g/mol. The number of fused-ring (bicyclic) bond motifs is 1. The molecule has 1 fully saturated rings. The van der Waals surface area contributed by atoms with Crippen LogP contribution >= 0.6 is 11.3 Å². The highest BCUT2D eigenvalue weighted by atomic mass is 32.1. The number of carbonyl (C=O) groups is 1. The lowest BCUT2D eigenvalue weighted by molar-refractivity contribution is -0.120. The lowest BCUT2D eigenvalue weighted by Gasteiger charge is -2.22. The van der Waals surface area contributed by atoms with Crippen LogP contribution in [0.5, 0.6) is 0 Å². The number of rotatable bonds is 5. The van der Waals surface area contributed by atoms with Crippen molar-refractivity contribution in [1.82, 2.24) is 14.5 Å². The molecule has 0 bridgehead atoms. The van der Waals surface area contributed by atoms with Gasteiger partial charge in [-0.05, 0) is 31.7 Å². The van der Waals surface area contributed by atoms with E-state index in [2.05, 4.69) is 27.0 Å². The van der Waals surface area contributed by atoms with Gasteiger partial charge in [0.2, 0.25) is 0 Å². The normalized spacial score (nSPS) is 17.0. The molecule has 7 heteroatoms. The molecule has 3 aromatic rings. The van der Waals surface area contributed by atoms with Crippen LogP contribution in [0.2, 0.25) is 0 Å². The number of ketones is 1. The smallest absolute Gasteiger partial charge is 0.273 e. The van der Waals surface area contributed by atoms with E-state index in [1.807, 2.05) is 18.2 Å². The minimum absolute atomic E-state index is 0.0765. The summed E-state index contributed by atoms with van der Waals surface area (Å²) in [5.41, 5.74) is 1.59. The van der Waals surface area contributed by atoms with Crippen molar-refractivity contribution in [1.29, 1.82) is 0 Å². The van der Waals surface area contributed by atoms with Crippen LogP contribution in [-0.2, 0) is 18.3 Å². The van der Waals surface area contributed by atoms with Gasteiger partial charge in [0.25, 0.3) is 5.56 Å². The third-order valence-electron chi connectivity index (χ3n) is 5.22. The highest BCUT2D eigenvalue weighted by molar-refractivity contribution is 7.22. The first-order valence-electron chi connectivity index (χ1n) is 9.22. The Morgan fingerprint density at radius 1 is 1.26 bits per heavy atom. The molecule has 27 heavy (non-hydrogen) atoms. The van der Waals surface area contributed by atoms with Gasteiger partial charge < -0.3 is 4.90 Å². The van der Waals surface area contributed by atoms with Crippen molar-refractivity contribution in [3.8, 4) is 0 Å². The fraction of sp³-hybridized carbons (Fsp3) is 0.400. The average molecular weight is 382 g/mol. The maximum atomic E-state index is 12.8. The molecule has 1 aliphatic rings. The number of thiazole rings is 1. The molecule has 2 aromatic heterocycles. The first kappa shape index (κ1) is 17.9. The van der Waals surface area contributed by atoms with Gasteiger partial charge in [-0.2, -0.15) is 4.98 Å². The van der Waals surface area contributed by atoms with E-state index in [0.717, 1.165) is 30.9 Å². The van der Waals surface area contributed by atoms with Gasteiger partial charge in [-0.1, -0.05) is 41.7 Å². The van der Waals surface area contributed by atoms with E-state index in [1.54, 1.807) is 14.0 Å². The van der Waals surface area contributed by atoms with Crippen molar-refractivity contribution >= 4 is 32.6 Å². The summed E-state index contributed by atoms with van der Waals surface area (Å²) < 4.78 is 2.09. The molecule has 0 saturated carbocycles. The lowest BCUT2D eigenvalue weighted by Crippen LogP contribution is -2.36. The van der Waals surface area contributed by atoms with Crippen molar-refractivity contribution in [2.75, 3.05) is 11.4 Å². The summed E-state index contributed by atoms with van der Waals surface area (Å²) in [5.74, 6) is 0.883. The Bertz CT molecular complexity index is 1040. The molecule has 1 atom stereocenters. The van der Waals surface area contributed by atoms with Crippen LogP contribution in [-0.4, -0.2) is 32.9 Å². The number of benzene rings is 1. The number of anilines is 1. The van der Waals surface area contributed by atoms with Gasteiger partial charge in [-0.3, -0.25) is 14.2 Å². The SMILES string of the molecule is Cc1nc2nc(N3CCC[C@@H]3C(=O)CCc3ccccc3)sc2c(=O)n1C. The van der Waals surface area contributed by atoms with E-state index >= 15 is 0 Å². The summed E-state index contributed by atoms with van der Waals surface area (Å²) in [7, 11) is 1.72. The largest absolute Gasteiger partial charge is 0.338 e. The maximum Gasteiger partial charge on any atom is 0.273 e. The van der Waals surface area contributed by atoms with E-state index < -0.39 is 0 Å². The fourth-order valence-electron chi connectivity index (χ4n) is 3.58. The molecule has 0 spiro atoms. The zero-order chi connectivity index (χ0) is 19.0. The molecule has 1 aromatic carbocycles. The zero-order valence-electron chi connectivity index (χ0n) is 15.5. The van der Waals surface area contributed by atoms with Gasteiger partial charge in [0.15, 0.2) is 16.6 Å². The van der Waals surface area contributed by atoms with Crippen LogP contribution in [0.3, 0.4) is 0 Å². The highest BCUT2D eigenvalue weighted by Crippen LogP contribution is 2.32. The Labute approximate surface area is 161 Å². The summed E-state index contributed by atoms with van der Waals surface area (Å²) in [4.78, 5) is 36.4. The van der Waals surface area contributed by atoms with E-state index in [1.165, 1.54) is 21.5 Å². The van der Waals surface area contributed by atoms with E-state index in [4.69, 9.17) is 0 Å². The third kappa shape index (κ3) is 3.39. The van der Waals surface area contributed by atoms with Crippen LogP contribution in [0.4, 0.5) is 5.13 Å². The van der Waals surface area contributed by atoms with Crippen molar-refractivity contribution in [2.45, 2.75) is 38.6 Å². The van der Waals surface area contributed by atoms with Gasteiger partial charge >= 0.3 is 0 Å². The molecule has 0 aliphatic carbocycles. The van der Waals surface area contributed by atoms with E-state index in [-0.39, 0.29) is 17.4 Å². The number of carbonyl (C=O) groups excluding carboxylic acids is 1. The Kier molecular flexibility index (Phi) is 4.78. The lowest BCUT2D eigenvalue weighted by atomic mass is 10.0. The predicted octanol–water partition coefficient (Wildman–Crippen LogP) is 2.87. The van der Waals surface area contributed by atoms with Gasteiger partial charge in [0.1, 0.15) is 10.5 Å². The Hall–Kier alpha value is -2.54. The topological polar surface area (TPSA) is 68.1 Å². The maximum absolute atomic E-state index is 12.8. The quantitative estimate of drug-likeness (QED) is 0.679. The monoisotopic (exact) mass is 382 g/mol. The van der Waals surface area contributed by atoms with Crippen LogP contribution in [0.25, 0.3) is 10.3 Å². The third-order valence-corrected chi connectivity index (χ3v) is 6.29. The molecule has 6 nitrogen and oxygen atoms in total. The van der Waals surface area contributed by atoms with Crippen LogP contribution < -0.4 is 10.5 Å². The average Bonchev–Trinajstić information content (AvgIpc) is 3.32.